The van der Waals surface area contributed by atoms with Gasteiger partial charge in [-0.15, -0.1) is 0 Å². The van der Waals surface area contributed by atoms with Crippen LogP contribution in [0, 0.1) is 0 Å². The van der Waals surface area contributed by atoms with Gasteiger partial charge in [0.1, 0.15) is 0 Å². The van der Waals surface area contributed by atoms with Crippen LogP contribution in [0.15, 0.2) is 30.3 Å². The third kappa shape index (κ3) is 3.30. The maximum absolute atomic E-state index is 5.98. The van der Waals surface area contributed by atoms with Crippen LogP contribution >= 0.6 is 0 Å². The highest BCUT2D eigenvalue weighted by molar-refractivity contribution is 5.19. The van der Waals surface area contributed by atoms with E-state index < -0.39 is 0 Å². The molecule has 94 valence electrons. The lowest BCUT2D eigenvalue weighted by atomic mass is 9.97. The minimum Gasteiger partial charge on any atom is -0.328 e. The molecule has 1 aromatic carbocycles. The molecule has 1 aliphatic rings. The molecule has 0 aliphatic carbocycles. The summed E-state index contributed by atoms with van der Waals surface area (Å²) in [6.45, 7) is 4.58. The Morgan fingerprint density at radius 2 is 1.88 bits per heavy atom. The molecule has 1 saturated heterocycles. The maximum atomic E-state index is 5.98. The Morgan fingerprint density at radius 1 is 1.24 bits per heavy atom. The first kappa shape index (κ1) is 12.6. The summed E-state index contributed by atoms with van der Waals surface area (Å²) in [6, 6.07) is 11.9. The van der Waals surface area contributed by atoms with Crippen LogP contribution in [-0.4, -0.2) is 24.0 Å². The van der Waals surface area contributed by atoms with Crippen LogP contribution in [0.25, 0.3) is 0 Å². The summed E-state index contributed by atoms with van der Waals surface area (Å²) in [6.07, 6.45) is 4.78. The fraction of sp³-hybridized carbons (Fsp3) is 0.600. The Balaban J connectivity index is 2.07. The summed E-state index contributed by atoms with van der Waals surface area (Å²) in [4.78, 5) is 2.61. The quantitative estimate of drug-likeness (QED) is 0.865. The van der Waals surface area contributed by atoms with Crippen molar-refractivity contribution in [2.24, 2.45) is 5.73 Å². The van der Waals surface area contributed by atoms with Crippen molar-refractivity contribution >= 4 is 0 Å². The topological polar surface area (TPSA) is 29.3 Å². The van der Waals surface area contributed by atoms with Crippen molar-refractivity contribution in [2.45, 2.75) is 44.7 Å². The summed E-state index contributed by atoms with van der Waals surface area (Å²) in [7, 11) is 0. The third-order valence-electron chi connectivity index (χ3n) is 3.76. The van der Waals surface area contributed by atoms with Gasteiger partial charge < -0.3 is 5.73 Å². The van der Waals surface area contributed by atoms with Gasteiger partial charge in [-0.2, -0.15) is 0 Å². The van der Waals surface area contributed by atoms with Crippen LogP contribution < -0.4 is 5.73 Å². The van der Waals surface area contributed by atoms with E-state index >= 15 is 0 Å². The van der Waals surface area contributed by atoms with E-state index in [9.17, 15) is 0 Å². The van der Waals surface area contributed by atoms with Crippen molar-refractivity contribution in [3.05, 3.63) is 35.9 Å². The summed E-state index contributed by atoms with van der Waals surface area (Å²) in [5.74, 6) is 0. The summed E-state index contributed by atoms with van der Waals surface area (Å²) in [5, 5.41) is 0. The molecular formula is C15H24N2. The first-order valence-electron chi connectivity index (χ1n) is 6.86. The zero-order chi connectivity index (χ0) is 12.1. The SMILES string of the molecule is CCCC(c1ccccc1)N1CCC(N)CC1. The van der Waals surface area contributed by atoms with Crippen molar-refractivity contribution in [3.63, 3.8) is 0 Å². The maximum Gasteiger partial charge on any atom is 0.0348 e. The number of hydrogen-bond donors (Lipinski definition) is 1. The minimum atomic E-state index is 0.421. The molecule has 2 nitrogen and oxygen atoms in total. The molecule has 1 fully saturated rings. The van der Waals surface area contributed by atoms with Crippen molar-refractivity contribution in [1.29, 1.82) is 0 Å². The Kier molecular flexibility index (Phi) is 4.57. The van der Waals surface area contributed by atoms with Gasteiger partial charge >= 0.3 is 0 Å². The molecule has 1 aromatic rings. The first-order chi connectivity index (χ1) is 8.31. The second-order valence-electron chi connectivity index (χ2n) is 5.09. The molecule has 1 atom stereocenters. The number of nitrogens with zero attached hydrogens (tertiary/aromatic N) is 1. The predicted octanol–water partition coefficient (Wildman–Crippen LogP) is 2.95. The number of benzene rings is 1. The van der Waals surface area contributed by atoms with Gasteiger partial charge in [-0.25, -0.2) is 0 Å². The lowest BCUT2D eigenvalue weighted by Gasteiger charge is -2.37. The average molecular weight is 232 g/mol. The molecule has 0 radical (unpaired) electrons. The first-order valence-corrected chi connectivity index (χ1v) is 6.86. The predicted molar refractivity (Wildman–Crippen MR) is 72.9 cm³/mol. The van der Waals surface area contributed by atoms with Crippen LogP contribution in [0.5, 0.6) is 0 Å². The molecule has 17 heavy (non-hydrogen) atoms. The Labute approximate surface area is 105 Å². The Morgan fingerprint density at radius 3 is 2.47 bits per heavy atom. The fourth-order valence-electron chi connectivity index (χ4n) is 2.74. The molecule has 0 aromatic heterocycles. The van der Waals surface area contributed by atoms with Gasteiger partial charge in [-0.1, -0.05) is 43.7 Å². The molecule has 2 N–H and O–H groups in total. The molecule has 1 unspecified atom stereocenters. The number of rotatable bonds is 4. The molecule has 0 saturated carbocycles. The van der Waals surface area contributed by atoms with Crippen LogP contribution in [0.1, 0.15) is 44.2 Å². The van der Waals surface area contributed by atoms with E-state index in [0.29, 0.717) is 12.1 Å². The Bertz CT molecular complexity index is 315. The molecule has 2 heteroatoms. The van der Waals surface area contributed by atoms with E-state index in [0.717, 1.165) is 25.9 Å². The Hall–Kier alpha value is -0.860. The molecule has 1 heterocycles. The largest absolute Gasteiger partial charge is 0.328 e. The standard InChI is InChI=1S/C15H24N2/c1-2-6-15(13-7-4-3-5-8-13)17-11-9-14(16)10-12-17/h3-5,7-8,14-15H,2,6,9-12,16H2,1H3. The van der Waals surface area contributed by atoms with Crippen molar-refractivity contribution < 1.29 is 0 Å². The highest BCUT2D eigenvalue weighted by Gasteiger charge is 2.23. The zero-order valence-electron chi connectivity index (χ0n) is 10.8. The normalized spacial score (nSPS) is 20.4. The molecule has 0 bridgehead atoms. The molecule has 1 aliphatic heterocycles. The van der Waals surface area contributed by atoms with E-state index in [-0.39, 0.29) is 0 Å². The highest BCUT2D eigenvalue weighted by atomic mass is 15.2. The van der Waals surface area contributed by atoms with Crippen LogP contribution in [-0.2, 0) is 0 Å². The van der Waals surface area contributed by atoms with Gasteiger partial charge in [-0.05, 0) is 24.8 Å². The lowest BCUT2D eigenvalue weighted by Crippen LogP contribution is -2.41. The van der Waals surface area contributed by atoms with Crippen molar-refractivity contribution in [2.75, 3.05) is 13.1 Å². The van der Waals surface area contributed by atoms with Crippen molar-refractivity contribution in [1.82, 2.24) is 4.90 Å². The van der Waals surface area contributed by atoms with Gasteiger partial charge in [0.15, 0.2) is 0 Å². The molecule has 0 spiro atoms. The average Bonchev–Trinajstić information content (AvgIpc) is 2.38. The highest BCUT2D eigenvalue weighted by Crippen LogP contribution is 2.28. The minimum absolute atomic E-state index is 0.421. The number of hydrogen-bond acceptors (Lipinski definition) is 2. The molecule has 0 amide bonds. The lowest BCUT2D eigenvalue weighted by molar-refractivity contribution is 0.145. The van der Waals surface area contributed by atoms with E-state index in [1.165, 1.54) is 18.4 Å². The van der Waals surface area contributed by atoms with E-state index in [1.807, 2.05) is 0 Å². The zero-order valence-corrected chi connectivity index (χ0v) is 10.8. The summed E-state index contributed by atoms with van der Waals surface area (Å²) in [5.41, 5.74) is 7.45. The van der Waals surface area contributed by atoms with Gasteiger partial charge in [0, 0.05) is 25.2 Å². The van der Waals surface area contributed by atoms with Crippen LogP contribution in [0.4, 0.5) is 0 Å². The smallest absolute Gasteiger partial charge is 0.0348 e. The third-order valence-corrected chi connectivity index (χ3v) is 3.76. The van der Waals surface area contributed by atoms with E-state index in [2.05, 4.69) is 42.2 Å². The van der Waals surface area contributed by atoms with Crippen LogP contribution in [0.3, 0.4) is 0 Å². The number of likely N-dealkylation sites (tertiary alicyclic amines) is 1. The van der Waals surface area contributed by atoms with Gasteiger partial charge in [0.05, 0.1) is 0 Å². The van der Waals surface area contributed by atoms with Gasteiger partial charge in [0.2, 0.25) is 0 Å². The number of piperidine rings is 1. The summed E-state index contributed by atoms with van der Waals surface area (Å²) < 4.78 is 0. The summed E-state index contributed by atoms with van der Waals surface area (Å²) >= 11 is 0. The number of nitrogens with two attached hydrogens (primary N) is 1. The van der Waals surface area contributed by atoms with Crippen molar-refractivity contribution in [3.8, 4) is 0 Å². The van der Waals surface area contributed by atoms with E-state index in [1.54, 1.807) is 0 Å². The fourth-order valence-corrected chi connectivity index (χ4v) is 2.74. The van der Waals surface area contributed by atoms with Crippen LogP contribution in [0.2, 0.25) is 0 Å². The van der Waals surface area contributed by atoms with Gasteiger partial charge in [-0.3, -0.25) is 4.90 Å². The second kappa shape index (κ2) is 6.18. The molecular weight excluding hydrogens is 208 g/mol. The molecule has 2 rings (SSSR count). The van der Waals surface area contributed by atoms with Gasteiger partial charge in [0.25, 0.3) is 0 Å². The second-order valence-corrected chi connectivity index (χ2v) is 5.09. The van der Waals surface area contributed by atoms with E-state index in [4.69, 9.17) is 5.73 Å². The monoisotopic (exact) mass is 232 g/mol.